The van der Waals surface area contributed by atoms with Gasteiger partial charge in [-0.05, 0) is 12.3 Å². The molecule has 0 heterocycles. The van der Waals surface area contributed by atoms with Crippen molar-refractivity contribution in [2.45, 2.75) is 27.7 Å². The Hall–Kier alpha value is -1.26. The number of urea groups is 1. The van der Waals surface area contributed by atoms with E-state index in [0.717, 1.165) is 0 Å². The van der Waals surface area contributed by atoms with Crippen LogP contribution in [0.2, 0.25) is 0 Å². The van der Waals surface area contributed by atoms with E-state index in [1.54, 1.807) is 6.92 Å². The number of carbonyl (C=O) groups is 2. The molecular formula is C10H20N2O3. The van der Waals surface area contributed by atoms with Gasteiger partial charge in [0.1, 0.15) is 6.54 Å². The molecule has 0 aliphatic heterocycles. The van der Waals surface area contributed by atoms with Crippen molar-refractivity contribution in [2.75, 3.05) is 19.6 Å². The molecule has 5 nitrogen and oxygen atoms in total. The lowest BCUT2D eigenvalue weighted by Gasteiger charge is -2.23. The van der Waals surface area contributed by atoms with Gasteiger partial charge in [0.05, 0.1) is 0 Å². The summed E-state index contributed by atoms with van der Waals surface area (Å²) in [6.07, 6.45) is 0. The van der Waals surface area contributed by atoms with E-state index < -0.39 is 5.97 Å². The van der Waals surface area contributed by atoms with Crippen LogP contribution in [-0.4, -0.2) is 41.6 Å². The van der Waals surface area contributed by atoms with E-state index in [0.29, 0.717) is 13.1 Å². The molecule has 88 valence electrons. The van der Waals surface area contributed by atoms with Gasteiger partial charge in [0.15, 0.2) is 0 Å². The smallest absolute Gasteiger partial charge is 0.323 e. The number of hydrogen-bond donors (Lipinski definition) is 2. The zero-order valence-electron chi connectivity index (χ0n) is 9.83. The Bertz CT molecular complexity index is 233. The lowest BCUT2D eigenvalue weighted by atomic mass is 9.97. The van der Waals surface area contributed by atoms with Crippen LogP contribution in [0.25, 0.3) is 0 Å². The topological polar surface area (TPSA) is 69.6 Å². The molecular weight excluding hydrogens is 196 g/mol. The average molecular weight is 216 g/mol. The molecule has 2 N–H and O–H groups in total. The summed E-state index contributed by atoms with van der Waals surface area (Å²) in [7, 11) is 0. The monoisotopic (exact) mass is 216 g/mol. The molecule has 0 aromatic rings. The molecule has 0 aromatic heterocycles. The zero-order chi connectivity index (χ0) is 12.1. The number of hydrogen-bond acceptors (Lipinski definition) is 2. The quantitative estimate of drug-likeness (QED) is 0.740. The van der Waals surface area contributed by atoms with E-state index >= 15 is 0 Å². The second-order valence-electron chi connectivity index (χ2n) is 4.63. The lowest BCUT2D eigenvalue weighted by molar-refractivity contribution is -0.137. The largest absolute Gasteiger partial charge is 0.480 e. The maximum atomic E-state index is 11.5. The second kappa shape index (κ2) is 5.58. The number of amides is 2. The Morgan fingerprint density at radius 1 is 1.33 bits per heavy atom. The highest BCUT2D eigenvalue weighted by Gasteiger charge is 2.17. The first-order valence-corrected chi connectivity index (χ1v) is 5.01. The molecule has 15 heavy (non-hydrogen) atoms. The summed E-state index contributed by atoms with van der Waals surface area (Å²) in [6, 6.07) is -0.324. The number of likely N-dealkylation sites (N-methyl/N-ethyl adjacent to an activating group) is 1. The van der Waals surface area contributed by atoms with Crippen molar-refractivity contribution in [3.8, 4) is 0 Å². The SMILES string of the molecule is CCN(CC(=O)O)C(=O)NCC(C)(C)C. The predicted octanol–water partition coefficient (Wildman–Crippen LogP) is 1.15. The fraction of sp³-hybridized carbons (Fsp3) is 0.800. The van der Waals surface area contributed by atoms with Crippen molar-refractivity contribution in [1.29, 1.82) is 0 Å². The third-order valence-corrected chi connectivity index (χ3v) is 1.76. The average Bonchev–Trinajstić information content (AvgIpc) is 2.08. The molecule has 2 amide bonds. The van der Waals surface area contributed by atoms with Crippen LogP contribution >= 0.6 is 0 Å². The highest BCUT2D eigenvalue weighted by atomic mass is 16.4. The molecule has 5 heteroatoms. The Kier molecular flexibility index (Phi) is 5.11. The maximum Gasteiger partial charge on any atom is 0.323 e. The number of carboxylic acids is 1. The minimum Gasteiger partial charge on any atom is -0.480 e. The molecule has 0 bridgehead atoms. The first kappa shape index (κ1) is 13.7. The molecule has 0 aliphatic rings. The van der Waals surface area contributed by atoms with Crippen molar-refractivity contribution in [3.05, 3.63) is 0 Å². The molecule has 0 atom stereocenters. The molecule has 0 saturated carbocycles. The first-order valence-electron chi connectivity index (χ1n) is 5.01. The number of carbonyl (C=O) groups excluding carboxylic acids is 1. The minimum absolute atomic E-state index is 0.00169. The Balaban J connectivity index is 4.11. The molecule has 0 rings (SSSR count). The standard InChI is InChI=1S/C10H20N2O3/c1-5-12(6-8(13)14)9(15)11-7-10(2,3)4/h5-7H2,1-4H3,(H,11,15)(H,13,14). The van der Waals surface area contributed by atoms with Gasteiger partial charge >= 0.3 is 12.0 Å². The third kappa shape index (κ3) is 6.76. The van der Waals surface area contributed by atoms with Crippen LogP contribution in [0.4, 0.5) is 4.79 Å². The van der Waals surface area contributed by atoms with Crippen LogP contribution in [0.5, 0.6) is 0 Å². The number of nitrogens with one attached hydrogen (secondary N) is 1. The van der Waals surface area contributed by atoms with Gasteiger partial charge in [-0.1, -0.05) is 20.8 Å². The molecule has 0 spiro atoms. The van der Waals surface area contributed by atoms with E-state index in [9.17, 15) is 9.59 Å². The molecule has 0 aliphatic carbocycles. The van der Waals surface area contributed by atoms with Gasteiger partial charge in [-0.2, -0.15) is 0 Å². The third-order valence-electron chi connectivity index (χ3n) is 1.76. The van der Waals surface area contributed by atoms with Crippen molar-refractivity contribution < 1.29 is 14.7 Å². The van der Waals surface area contributed by atoms with Crippen molar-refractivity contribution in [2.24, 2.45) is 5.41 Å². The summed E-state index contributed by atoms with van der Waals surface area (Å²) in [5.74, 6) is -0.997. The van der Waals surface area contributed by atoms with Gasteiger partial charge in [-0.25, -0.2) is 4.79 Å². The summed E-state index contributed by atoms with van der Waals surface area (Å²) >= 11 is 0. The van der Waals surface area contributed by atoms with Crippen molar-refractivity contribution in [3.63, 3.8) is 0 Å². The number of rotatable bonds is 4. The van der Waals surface area contributed by atoms with Gasteiger partial charge in [0, 0.05) is 13.1 Å². The van der Waals surface area contributed by atoms with E-state index in [4.69, 9.17) is 5.11 Å². The number of carboxylic acid groups (broad SMARTS) is 1. The van der Waals surface area contributed by atoms with Crippen LogP contribution in [0.1, 0.15) is 27.7 Å². The zero-order valence-corrected chi connectivity index (χ0v) is 9.83. The predicted molar refractivity (Wildman–Crippen MR) is 57.7 cm³/mol. The fourth-order valence-corrected chi connectivity index (χ4v) is 0.943. The van der Waals surface area contributed by atoms with E-state index in [1.807, 2.05) is 20.8 Å². The molecule has 0 fully saturated rings. The van der Waals surface area contributed by atoms with Crippen LogP contribution < -0.4 is 5.32 Å². The van der Waals surface area contributed by atoms with Gasteiger partial charge in [-0.3, -0.25) is 4.79 Å². The van der Waals surface area contributed by atoms with E-state index in [1.165, 1.54) is 4.90 Å². The Morgan fingerprint density at radius 3 is 2.20 bits per heavy atom. The summed E-state index contributed by atoms with van der Waals surface area (Å²) < 4.78 is 0. The fourth-order valence-electron chi connectivity index (χ4n) is 0.943. The second-order valence-corrected chi connectivity index (χ2v) is 4.63. The van der Waals surface area contributed by atoms with Crippen molar-refractivity contribution >= 4 is 12.0 Å². The van der Waals surface area contributed by atoms with E-state index in [2.05, 4.69) is 5.32 Å². The van der Waals surface area contributed by atoms with Crippen LogP contribution in [0.15, 0.2) is 0 Å². The maximum absolute atomic E-state index is 11.5. The first-order chi connectivity index (χ1) is 6.76. The Labute approximate surface area is 90.5 Å². The highest BCUT2D eigenvalue weighted by Crippen LogP contribution is 2.10. The summed E-state index contributed by atoms with van der Waals surface area (Å²) in [5.41, 5.74) is -0.00169. The summed E-state index contributed by atoms with van der Waals surface area (Å²) in [6.45, 7) is 8.42. The van der Waals surface area contributed by atoms with Crippen LogP contribution in [0.3, 0.4) is 0 Å². The summed E-state index contributed by atoms with van der Waals surface area (Å²) in [5, 5.41) is 11.3. The molecule has 0 unspecified atom stereocenters. The van der Waals surface area contributed by atoms with Crippen LogP contribution in [0, 0.1) is 5.41 Å². The van der Waals surface area contributed by atoms with Crippen molar-refractivity contribution in [1.82, 2.24) is 10.2 Å². The molecule has 0 radical (unpaired) electrons. The highest BCUT2D eigenvalue weighted by molar-refractivity contribution is 5.80. The number of nitrogens with zero attached hydrogens (tertiary/aromatic N) is 1. The van der Waals surface area contributed by atoms with Gasteiger partial charge < -0.3 is 15.3 Å². The molecule has 0 saturated heterocycles. The van der Waals surface area contributed by atoms with E-state index in [-0.39, 0.29) is 18.0 Å². The van der Waals surface area contributed by atoms with Gasteiger partial charge in [0.25, 0.3) is 0 Å². The van der Waals surface area contributed by atoms with Gasteiger partial charge in [0.2, 0.25) is 0 Å². The Morgan fingerprint density at radius 2 is 1.87 bits per heavy atom. The molecule has 0 aromatic carbocycles. The lowest BCUT2D eigenvalue weighted by Crippen LogP contribution is -2.45. The number of aliphatic carboxylic acids is 1. The normalized spacial score (nSPS) is 10.9. The summed E-state index contributed by atoms with van der Waals surface area (Å²) in [4.78, 5) is 23.2. The van der Waals surface area contributed by atoms with Gasteiger partial charge in [-0.15, -0.1) is 0 Å². The minimum atomic E-state index is -0.997. The van der Waals surface area contributed by atoms with Crippen LogP contribution in [-0.2, 0) is 4.79 Å².